The van der Waals surface area contributed by atoms with Crippen LogP contribution in [0.5, 0.6) is 0 Å². The van der Waals surface area contributed by atoms with Crippen LogP contribution in [0.25, 0.3) is 0 Å². The second-order valence-corrected chi connectivity index (χ2v) is 5.70. The van der Waals surface area contributed by atoms with Crippen LogP contribution in [0.2, 0.25) is 10.0 Å². The molecule has 3 rings (SSSR count). The van der Waals surface area contributed by atoms with Crippen molar-refractivity contribution in [3.05, 3.63) is 28.2 Å². The zero-order chi connectivity index (χ0) is 11.2. The average Bonchev–Trinajstić information content (AvgIpc) is 2.69. The molecule has 0 saturated carbocycles. The number of anilines is 1. The molecule has 16 heavy (non-hydrogen) atoms. The topological polar surface area (TPSA) is 15.3 Å². The van der Waals surface area contributed by atoms with Crippen LogP contribution >= 0.6 is 23.2 Å². The largest absolute Gasteiger partial charge is 0.370 e. The SMILES string of the molecule is Clc1ccc(N2CC3(CCNC3)C2)cc1Cl. The van der Waals surface area contributed by atoms with Crippen LogP contribution in [0.4, 0.5) is 5.69 Å². The van der Waals surface area contributed by atoms with Crippen molar-refractivity contribution in [1.82, 2.24) is 5.32 Å². The Kier molecular flexibility index (Phi) is 2.54. The van der Waals surface area contributed by atoms with Crippen LogP contribution in [-0.2, 0) is 0 Å². The summed E-state index contributed by atoms with van der Waals surface area (Å²) in [6, 6.07) is 5.87. The van der Waals surface area contributed by atoms with Gasteiger partial charge in [-0.15, -0.1) is 0 Å². The Bertz CT molecular complexity index is 405. The van der Waals surface area contributed by atoms with Crippen LogP contribution < -0.4 is 10.2 Å². The monoisotopic (exact) mass is 256 g/mol. The summed E-state index contributed by atoms with van der Waals surface area (Å²) in [5.74, 6) is 0. The third-order valence-corrected chi connectivity index (χ3v) is 4.39. The molecule has 0 amide bonds. The molecule has 4 heteroatoms. The minimum atomic E-state index is 0.520. The molecule has 0 bridgehead atoms. The molecule has 2 fully saturated rings. The molecule has 0 aliphatic carbocycles. The molecule has 2 saturated heterocycles. The van der Waals surface area contributed by atoms with E-state index in [4.69, 9.17) is 23.2 Å². The van der Waals surface area contributed by atoms with Gasteiger partial charge in [-0.25, -0.2) is 0 Å². The molecule has 1 N–H and O–H groups in total. The van der Waals surface area contributed by atoms with Gasteiger partial charge in [0.1, 0.15) is 0 Å². The number of nitrogens with zero attached hydrogens (tertiary/aromatic N) is 1. The van der Waals surface area contributed by atoms with Gasteiger partial charge in [0, 0.05) is 30.7 Å². The summed E-state index contributed by atoms with van der Waals surface area (Å²) in [5.41, 5.74) is 1.71. The van der Waals surface area contributed by atoms with Gasteiger partial charge in [-0.2, -0.15) is 0 Å². The van der Waals surface area contributed by atoms with Gasteiger partial charge in [-0.3, -0.25) is 0 Å². The van der Waals surface area contributed by atoms with Crippen molar-refractivity contribution in [3.63, 3.8) is 0 Å². The molecular weight excluding hydrogens is 243 g/mol. The Balaban J connectivity index is 1.73. The standard InChI is InChI=1S/C12H14Cl2N2/c13-10-2-1-9(5-11(10)14)16-7-12(8-16)3-4-15-6-12/h1-2,5,15H,3-4,6-8H2. The molecule has 0 atom stereocenters. The summed E-state index contributed by atoms with van der Waals surface area (Å²) in [4.78, 5) is 2.37. The van der Waals surface area contributed by atoms with E-state index in [1.165, 1.54) is 12.1 Å². The highest BCUT2D eigenvalue weighted by molar-refractivity contribution is 6.42. The van der Waals surface area contributed by atoms with E-state index in [9.17, 15) is 0 Å². The summed E-state index contributed by atoms with van der Waals surface area (Å²) in [7, 11) is 0. The maximum atomic E-state index is 6.02. The molecule has 0 unspecified atom stereocenters. The highest BCUT2D eigenvalue weighted by Gasteiger charge is 2.44. The van der Waals surface area contributed by atoms with Gasteiger partial charge in [-0.05, 0) is 31.2 Å². The minimum Gasteiger partial charge on any atom is -0.370 e. The minimum absolute atomic E-state index is 0.520. The number of hydrogen-bond acceptors (Lipinski definition) is 2. The van der Waals surface area contributed by atoms with Crippen LogP contribution in [0, 0.1) is 5.41 Å². The van der Waals surface area contributed by atoms with E-state index in [-0.39, 0.29) is 0 Å². The summed E-state index contributed by atoms with van der Waals surface area (Å²) in [5, 5.41) is 4.70. The molecule has 2 aliphatic rings. The molecule has 2 nitrogen and oxygen atoms in total. The molecule has 1 spiro atoms. The quantitative estimate of drug-likeness (QED) is 0.832. The molecule has 2 aliphatic heterocycles. The fourth-order valence-corrected chi connectivity index (χ4v) is 2.99. The molecule has 0 radical (unpaired) electrons. The van der Waals surface area contributed by atoms with Crippen LogP contribution in [-0.4, -0.2) is 26.2 Å². The van der Waals surface area contributed by atoms with Gasteiger partial charge in [0.2, 0.25) is 0 Å². The third-order valence-electron chi connectivity index (χ3n) is 3.65. The van der Waals surface area contributed by atoms with Crippen LogP contribution in [0.3, 0.4) is 0 Å². The van der Waals surface area contributed by atoms with Crippen molar-refractivity contribution in [2.24, 2.45) is 5.41 Å². The summed E-state index contributed by atoms with van der Waals surface area (Å²) >= 11 is 11.9. The first kappa shape index (κ1) is 10.7. The Morgan fingerprint density at radius 2 is 2.00 bits per heavy atom. The Morgan fingerprint density at radius 1 is 1.19 bits per heavy atom. The molecule has 86 valence electrons. The summed E-state index contributed by atoms with van der Waals surface area (Å²) < 4.78 is 0. The van der Waals surface area contributed by atoms with Crippen LogP contribution in [0.1, 0.15) is 6.42 Å². The lowest BCUT2D eigenvalue weighted by Gasteiger charge is -2.49. The van der Waals surface area contributed by atoms with E-state index in [0.29, 0.717) is 15.5 Å². The average molecular weight is 257 g/mol. The van der Waals surface area contributed by atoms with Crippen molar-refractivity contribution >= 4 is 28.9 Å². The fraction of sp³-hybridized carbons (Fsp3) is 0.500. The second kappa shape index (κ2) is 3.80. The lowest BCUT2D eigenvalue weighted by atomic mass is 9.79. The smallest absolute Gasteiger partial charge is 0.0612 e. The molecular formula is C12H14Cl2N2. The predicted octanol–water partition coefficient (Wildman–Crippen LogP) is 2.79. The highest BCUT2D eigenvalue weighted by atomic mass is 35.5. The summed E-state index contributed by atoms with van der Waals surface area (Å²) in [6.07, 6.45) is 1.30. The maximum Gasteiger partial charge on any atom is 0.0612 e. The number of nitrogens with one attached hydrogen (secondary N) is 1. The molecule has 0 aromatic heterocycles. The van der Waals surface area contributed by atoms with Gasteiger partial charge < -0.3 is 10.2 Å². The normalized spacial score (nSPS) is 22.5. The number of halogens is 2. The van der Waals surface area contributed by atoms with Gasteiger partial charge in [0.15, 0.2) is 0 Å². The molecule has 1 aromatic carbocycles. The van der Waals surface area contributed by atoms with Crippen molar-refractivity contribution in [3.8, 4) is 0 Å². The van der Waals surface area contributed by atoms with E-state index < -0.39 is 0 Å². The van der Waals surface area contributed by atoms with Gasteiger partial charge in [0.25, 0.3) is 0 Å². The number of benzene rings is 1. The van der Waals surface area contributed by atoms with Crippen LogP contribution in [0.15, 0.2) is 18.2 Å². The Labute approximate surface area is 106 Å². The van der Waals surface area contributed by atoms with E-state index in [2.05, 4.69) is 10.2 Å². The lowest BCUT2D eigenvalue weighted by Crippen LogP contribution is -2.57. The van der Waals surface area contributed by atoms with E-state index >= 15 is 0 Å². The van der Waals surface area contributed by atoms with Gasteiger partial charge in [-0.1, -0.05) is 23.2 Å². The fourth-order valence-electron chi connectivity index (χ4n) is 2.69. The van der Waals surface area contributed by atoms with Gasteiger partial charge >= 0.3 is 0 Å². The Hall–Kier alpha value is -0.440. The zero-order valence-electron chi connectivity index (χ0n) is 8.97. The lowest BCUT2D eigenvalue weighted by molar-refractivity contribution is 0.243. The molecule has 1 aromatic rings. The first-order valence-corrected chi connectivity index (χ1v) is 6.35. The zero-order valence-corrected chi connectivity index (χ0v) is 10.5. The van der Waals surface area contributed by atoms with E-state index in [1.807, 2.05) is 18.2 Å². The molecule has 2 heterocycles. The number of hydrogen-bond donors (Lipinski definition) is 1. The maximum absolute atomic E-state index is 6.02. The summed E-state index contributed by atoms with van der Waals surface area (Å²) in [6.45, 7) is 4.59. The second-order valence-electron chi connectivity index (χ2n) is 4.88. The van der Waals surface area contributed by atoms with Crippen molar-refractivity contribution in [2.45, 2.75) is 6.42 Å². The van der Waals surface area contributed by atoms with E-state index in [1.54, 1.807) is 0 Å². The van der Waals surface area contributed by atoms with Gasteiger partial charge in [0.05, 0.1) is 10.0 Å². The van der Waals surface area contributed by atoms with Crippen molar-refractivity contribution < 1.29 is 0 Å². The third kappa shape index (κ3) is 1.69. The number of rotatable bonds is 1. The highest BCUT2D eigenvalue weighted by Crippen LogP contribution is 2.40. The Morgan fingerprint density at radius 3 is 2.62 bits per heavy atom. The first-order chi connectivity index (χ1) is 7.69. The van der Waals surface area contributed by atoms with Crippen molar-refractivity contribution in [2.75, 3.05) is 31.1 Å². The van der Waals surface area contributed by atoms with Crippen molar-refractivity contribution in [1.29, 1.82) is 0 Å². The predicted molar refractivity (Wildman–Crippen MR) is 68.6 cm³/mol. The van der Waals surface area contributed by atoms with E-state index in [0.717, 1.165) is 26.2 Å². The first-order valence-electron chi connectivity index (χ1n) is 5.59.